The number of amides is 2. The van der Waals surface area contributed by atoms with E-state index >= 15 is 0 Å². The lowest BCUT2D eigenvalue weighted by Gasteiger charge is -2.17. The van der Waals surface area contributed by atoms with E-state index < -0.39 is 18.0 Å². The predicted molar refractivity (Wildman–Crippen MR) is 78.0 cm³/mol. The van der Waals surface area contributed by atoms with E-state index in [0.29, 0.717) is 17.9 Å². The molecule has 0 bridgehead atoms. The number of carbonyl (C=O) groups excluding carboxylic acids is 1. The standard InChI is InChI=1S/C13H20N2O4S/c1-8-4-5-11(19-8)9(2)14-13(18)15-10(12(16)17)6-7-20-3/h4-5,9-10H,6-7H2,1-3H3,(H,16,17)(H2,14,15,18)/t9?,10-/m1/s1. The number of nitrogens with one attached hydrogen (secondary N) is 2. The van der Waals surface area contributed by atoms with Gasteiger partial charge in [-0.2, -0.15) is 11.8 Å². The van der Waals surface area contributed by atoms with Crippen molar-refractivity contribution in [2.24, 2.45) is 0 Å². The molecule has 2 amide bonds. The van der Waals surface area contributed by atoms with Crippen molar-refractivity contribution >= 4 is 23.8 Å². The molecule has 1 unspecified atom stereocenters. The summed E-state index contributed by atoms with van der Waals surface area (Å²) in [5, 5.41) is 14.1. The lowest BCUT2D eigenvalue weighted by Crippen LogP contribution is -2.46. The summed E-state index contributed by atoms with van der Waals surface area (Å²) in [4.78, 5) is 22.8. The third-order valence-electron chi connectivity index (χ3n) is 2.75. The highest BCUT2D eigenvalue weighted by atomic mass is 32.2. The second-order valence-electron chi connectivity index (χ2n) is 4.46. The summed E-state index contributed by atoms with van der Waals surface area (Å²) in [7, 11) is 0. The quantitative estimate of drug-likeness (QED) is 0.717. The van der Waals surface area contributed by atoms with Crippen molar-refractivity contribution in [2.45, 2.75) is 32.4 Å². The number of urea groups is 1. The summed E-state index contributed by atoms with van der Waals surface area (Å²) >= 11 is 1.54. The lowest BCUT2D eigenvalue weighted by atomic mass is 10.2. The molecule has 0 saturated heterocycles. The van der Waals surface area contributed by atoms with Crippen molar-refractivity contribution in [3.8, 4) is 0 Å². The Morgan fingerprint density at radius 2 is 2.10 bits per heavy atom. The van der Waals surface area contributed by atoms with E-state index in [2.05, 4.69) is 10.6 Å². The van der Waals surface area contributed by atoms with E-state index in [1.807, 2.05) is 19.2 Å². The number of furan rings is 1. The Labute approximate surface area is 122 Å². The second-order valence-corrected chi connectivity index (χ2v) is 5.45. The molecule has 3 N–H and O–H groups in total. The number of thioether (sulfide) groups is 1. The largest absolute Gasteiger partial charge is 0.480 e. The molecular formula is C13H20N2O4S. The molecule has 0 fully saturated rings. The van der Waals surface area contributed by atoms with Gasteiger partial charge in [0, 0.05) is 0 Å². The average molecular weight is 300 g/mol. The third-order valence-corrected chi connectivity index (χ3v) is 3.39. The monoisotopic (exact) mass is 300 g/mol. The molecular weight excluding hydrogens is 280 g/mol. The van der Waals surface area contributed by atoms with Gasteiger partial charge in [0.1, 0.15) is 17.6 Å². The SMILES string of the molecule is CSCC[C@@H](NC(=O)NC(C)c1ccc(C)o1)C(=O)O. The molecule has 1 aromatic heterocycles. The molecule has 0 spiro atoms. The number of hydrogen-bond acceptors (Lipinski definition) is 4. The van der Waals surface area contributed by atoms with Crippen LogP contribution in [0, 0.1) is 6.92 Å². The fourth-order valence-electron chi connectivity index (χ4n) is 1.65. The highest BCUT2D eigenvalue weighted by molar-refractivity contribution is 7.98. The van der Waals surface area contributed by atoms with Gasteiger partial charge in [0.25, 0.3) is 0 Å². The van der Waals surface area contributed by atoms with Gasteiger partial charge in [0.05, 0.1) is 6.04 Å². The van der Waals surface area contributed by atoms with Gasteiger partial charge in [0.15, 0.2) is 0 Å². The van der Waals surface area contributed by atoms with Crippen LogP contribution in [0.25, 0.3) is 0 Å². The van der Waals surface area contributed by atoms with E-state index in [-0.39, 0.29) is 6.04 Å². The third kappa shape index (κ3) is 5.16. The van der Waals surface area contributed by atoms with Crippen molar-refractivity contribution in [3.63, 3.8) is 0 Å². The number of carboxylic acids is 1. The fourth-order valence-corrected chi connectivity index (χ4v) is 2.12. The normalized spacial score (nSPS) is 13.6. The Balaban J connectivity index is 2.50. The number of hydrogen-bond donors (Lipinski definition) is 3. The van der Waals surface area contributed by atoms with Gasteiger partial charge in [0.2, 0.25) is 0 Å². The number of rotatable bonds is 7. The molecule has 1 heterocycles. The molecule has 6 nitrogen and oxygen atoms in total. The number of aliphatic carboxylic acids is 1. The molecule has 2 atom stereocenters. The summed E-state index contributed by atoms with van der Waals surface area (Å²) in [6.45, 7) is 3.59. The molecule has 0 aromatic carbocycles. The van der Waals surface area contributed by atoms with Crippen molar-refractivity contribution in [2.75, 3.05) is 12.0 Å². The first-order valence-electron chi connectivity index (χ1n) is 6.29. The zero-order valence-corrected chi connectivity index (χ0v) is 12.6. The first-order chi connectivity index (χ1) is 9.43. The Hall–Kier alpha value is -1.63. The van der Waals surface area contributed by atoms with Gasteiger partial charge in [-0.05, 0) is 44.4 Å². The van der Waals surface area contributed by atoms with Crippen LogP contribution in [-0.4, -0.2) is 35.2 Å². The highest BCUT2D eigenvalue weighted by Crippen LogP contribution is 2.15. The maximum absolute atomic E-state index is 11.8. The molecule has 1 aromatic rings. The number of aryl methyl sites for hydroxylation is 1. The van der Waals surface area contributed by atoms with E-state index in [0.717, 1.165) is 5.76 Å². The molecule has 0 radical (unpaired) electrons. The van der Waals surface area contributed by atoms with Gasteiger partial charge in [-0.3, -0.25) is 0 Å². The van der Waals surface area contributed by atoms with Crippen LogP contribution in [0.5, 0.6) is 0 Å². The Morgan fingerprint density at radius 3 is 2.60 bits per heavy atom. The van der Waals surface area contributed by atoms with E-state index in [1.54, 1.807) is 13.0 Å². The summed E-state index contributed by atoms with van der Waals surface area (Å²) in [5.74, 6) is 1.03. The molecule has 0 aliphatic heterocycles. The summed E-state index contributed by atoms with van der Waals surface area (Å²) in [6.07, 6.45) is 2.28. The minimum Gasteiger partial charge on any atom is -0.480 e. The van der Waals surface area contributed by atoms with Crippen LogP contribution in [0.4, 0.5) is 4.79 Å². The topological polar surface area (TPSA) is 91.6 Å². The van der Waals surface area contributed by atoms with Crippen LogP contribution < -0.4 is 10.6 Å². The van der Waals surface area contributed by atoms with Crippen molar-refractivity contribution in [1.29, 1.82) is 0 Å². The maximum atomic E-state index is 11.8. The molecule has 0 aliphatic rings. The molecule has 0 saturated carbocycles. The lowest BCUT2D eigenvalue weighted by molar-refractivity contribution is -0.139. The molecule has 1 rings (SSSR count). The predicted octanol–water partition coefficient (Wildman–Crippen LogP) is 2.15. The summed E-state index contributed by atoms with van der Waals surface area (Å²) in [6, 6.07) is 1.87. The van der Waals surface area contributed by atoms with Crippen LogP contribution in [0.1, 0.15) is 30.9 Å². The van der Waals surface area contributed by atoms with Crippen LogP contribution in [0.15, 0.2) is 16.5 Å². The van der Waals surface area contributed by atoms with Crippen molar-refractivity contribution < 1.29 is 19.1 Å². The van der Waals surface area contributed by atoms with Gasteiger partial charge in [-0.15, -0.1) is 0 Å². The fraction of sp³-hybridized carbons (Fsp3) is 0.538. The Kier molecular flexibility index (Phi) is 6.44. The number of carbonyl (C=O) groups is 2. The number of carboxylic acid groups (broad SMARTS) is 1. The Morgan fingerprint density at radius 1 is 1.40 bits per heavy atom. The minimum atomic E-state index is -1.03. The maximum Gasteiger partial charge on any atom is 0.326 e. The van der Waals surface area contributed by atoms with E-state index in [4.69, 9.17) is 9.52 Å². The average Bonchev–Trinajstić information content (AvgIpc) is 2.80. The van der Waals surface area contributed by atoms with Crippen molar-refractivity contribution in [1.82, 2.24) is 10.6 Å². The first kappa shape index (κ1) is 16.4. The molecule has 0 aliphatic carbocycles. The van der Waals surface area contributed by atoms with Gasteiger partial charge >= 0.3 is 12.0 Å². The van der Waals surface area contributed by atoms with E-state index in [9.17, 15) is 9.59 Å². The molecule has 7 heteroatoms. The first-order valence-corrected chi connectivity index (χ1v) is 7.68. The van der Waals surface area contributed by atoms with Crippen LogP contribution in [0.2, 0.25) is 0 Å². The summed E-state index contributed by atoms with van der Waals surface area (Å²) in [5.41, 5.74) is 0. The molecule has 20 heavy (non-hydrogen) atoms. The van der Waals surface area contributed by atoms with Crippen molar-refractivity contribution in [3.05, 3.63) is 23.7 Å². The smallest absolute Gasteiger partial charge is 0.326 e. The van der Waals surface area contributed by atoms with Gasteiger partial charge < -0.3 is 20.2 Å². The van der Waals surface area contributed by atoms with Gasteiger partial charge in [-0.1, -0.05) is 0 Å². The van der Waals surface area contributed by atoms with Crippen LogP contribution >= 0.6 is 11.8 Å². The zero-order chi connectivity index (χ0) is 15.1. The highest BCUT2D eigenvalue weighted by Gasteiger charge is 2.21. The molecule has 112 valence electrons. The second kappa shape index (κ2) is 7.84. The summed E-state index contributed by atoms with van der Waals surface area (Å²) < 4.78 is 5.40. The van der Waals surface area contributed by atoms with Crippen LogP contribution in [-0.2, 0) is 4.79 Å². The van der Waals surface area contributed by atoms with E-state index in [1.165, 1.54) is 11.8 Å². The Bertz CT molecular complexity index is 461. The minimum absolute atomic E-state index is 0.321. The van der Waals surface area contributed by atoms with Crippen LogP contribution in [0.3, 0.4) is 0 Å². The zero-order valence-electron chi connectivity index (χ0n) is 11.8. The van der Waals surface area contributed by atoms with Gasteiger partial charge in [-0.25, -0.2) is 9.59 Å².